The van der Waals surface area contributed by atoms with Crippen LogP contribution in [0.2, 0.25) is 5.02 Å². The van der Waals surface area contributed by atoms with E-state index in [0.717, 1.165) is 22.8 Å². The number of benzene rings is 1. The average molecular weight is 312 g/mol. The molecule has 0 amide bonds. The maximum atomic E-state index is 5.96. The van der Waals surface area contributed by atoms with Crippen LogP contribution in [0, 0.1) is 0 Å². The summed E-state index contributed by atoms with van der Waals surface area (Å²) in [7, 11) is 0. The number of aromatic nitrogens is 2. The fraction of sp³-hybridized carbons (Fsp3) is 0.429. The minimum Gasteiger partial charge on any atom is -0.339 e. The molecule has 0 aliphatic carbocycles. The van der Waals surface area contributed by atoms with Crippen LogP contribution < -0.4 is 5.73 Å². The Morgan fingerprint density at radius 1 is 1.45 bits per heavy atom. The van der Waals surface area contributed by atoms with Gasteiger partial charge in [0.25, 0.3) is 0 Å². The first-order valence-corrected chi connectivity index (χ1v) is 7.99. The molecule has 2 rings (SSSR count). The third kappa shape index (κ3) is 4.81. The van der Waals surface area contributed by atoms with E-state index in [2.05, 4.69) is 17.1 Å². The zero-order valence-corrected chi connectivity index (χ0v) is 13.0. The molecule has 4 nitrogen and oxygen atoms in total. The molecule has 1 heterocycles. The van der Waals surface area contributed by atoms with Crippen LogP contribution in [0.5, 0.6) is 0 Å². The summed E-state index contributed by atoms with van der Waals surface area (Å²) in [4.78, 5) is 5.45. The monoisotopic (exact) mass is 311 g/mol. The Bertz CT molecular complexity index is 547. The van der Waals surface area contributed by atoms with E-state index in [0.29, 0.717) is 23.9 Å². The van der Waals surface area contributed by atoms with Crippen LogP contribution in [0.25, 0.3) is 0 Å². The Morgan fingerprint density at radius 2 is 2.30 bits per heavy atom. The summed E-state index contributed by atoms with van der Waals surface area (Å²) in [5.41, 5.74) is 5.96. The van der Waals surface area contributed by atoms with Crippen LogP contribution in [-0.4, -0.2) is 16.2 Å². The second-order valence-corrected chi connectivity index (χ2v) is 6.09. The van der Waals surface area contributed by atoms with Gasteiger partial charge in [0.2, 0.25) is 5.89 Å². The molecule has 0 aliphatic rings. The van der Waals surface area contributed by atoms with Crippen molar-refractivity contribution >= 4 is 23.4 Å². The molecule has 0 saturated heterocycles. The van der Waals surface area contributed by atoms with Gasteiger partial charge in [-0.25, -0.2) is 0 Å². The van der Waals surface area contributed by atoms with Gasteiger partial charge in [-0.05, 0) is 24.6 Å². The van der Waals surface area contributed by atoms with Gasteiger partial charge in [0.15, 0.2) is 5.82 Å². The second-order valence-electron chi connectivity index (χ2n) is 4.60. The van der Waals surface area contributed by atoms with Crippen LogP contribution in [0.4, 0.5) is 0 Å². The van der Waals surface area contributed by atoms with Crippen molar-refractivity contribution in [3.8, 4) is 0 Å². The third-order valence-corrected chi connectivity index (χ3v) is 4.00. The lowest BCUT2D eigenvalue weighted by molar-refractivity contribution is 0.362. The first kappa shape index (κ1) is 15.4. The highest BCUT2D eigenvalue weighted by molar-refractivity contribution is 7.98. The SMILES string of the molecule is CCCC(N)Cc1nc(CSc2cccc(Cl)c2)no1. The molecule has 0 radical (unpaired) electrons. The Hall–Kier alpha value is -1.04. The van der Waals surface area contributed by atoms with Gasteiger partial charge in [-0.3, -0.25) is 0 Å². The van der Waals surface area contributed by atoms with Gasteiger partial charge in [0.05, 0.1) is 5.75 Å². The van der Waals surface area contributed by atoms with Gasteiger partial charge in [-0.15, -0.1) is 11.8 Å². The highest BCUT2D eigenvalue weighted by Gasteiger charge is 2.11. The van der Waals surface area contributed by atoms with Crippen LogP contribution in [-0.2, 0) is 12.2 Å². The molecule has 108 valence electrons. The van der Waals surface area contributed by atoms with E-state index in [1.54, 1.807) is 11.8 Å². The van der Waals surface area contributed by atoms with Gasteiger partial charge in [-0.2, -0.15) is 4.98 Å². The van der Waals surface area contributed by atoms with Crippen LogP contribution in [0.15, 0.2) is 33.7 Å². The van der Waals surface area contributed by atoms with Gasteiger partial charge < -0.3 is 10.3 Å². The average Bonchev–Trinajstić information content (AvgIpc) is 2.84. The van der Waals surface area contributed by atoms with Crippen LogP contribution in [0.1, 0.15) is 31.5 Å². The number of thioether (sulfide) groups is 1. The van der Waals surface area contributed by atoms with E-state index < -0.39 is 0 Å². The van der Waals surface area contributed by atoms with E-state index in [1.165, 1.54) is 0 Å². The van der Waals surface area contributed by atoms with Crippen LogP contribution >= 0.6 is 23.4 Å². The van der Waals surface area contributed by atoms with Crippen molar-refractivity contribution in [1.82, 2.24) is 10.1 Å². The molecule has 1 unspecified atom stereocenters. The molecule has 6 heteroatoms. The predicted octanol–water partition coefficient (Wildman–Crippen LogP) is 3.69. The molecule has 0 aliphatic heterocycles. The van der Waals surface area contributed by atoms with Crippen molar-refractivity contribution in [1.29, 1.82) is 0 Å². The van der Waals surface area contributed by atoms with Gasteiger partial charge in [-0.1, -0.05) is 36.2 Å². The quantitative estimate of drug-likeness (QED) is 0.790. The van der Waals surface area contributed by atoms with Crippen molar-refractivity contribution < 1.29 is 4.52 Å². The van der Waals surface area contributed by atoms with E-state index >= 15 is 0 Å². The second kappa shape index (κ2) is 7.67. The van der Waals surface area contributed by atoms with Crippen molar-refractivity contribution in [2.45, 2.75) is 42.9 Å². The molecule has 0 spiro atoms. The lowest BCUT2D eigenvalue weighted by atomic mass is 10.1. The number of nitrogens with two attached hydrogens (primary N) is 1. The maximum Gasteiger partial charge on any atom is 0.228 e. The number of hydrogen-bond donors (Lipinski definition) is 1. The first-order valence-electron chi connectivity index (χ1n) is 6.62. The maximum absolute atomic E-state index is 5.96. The summed E-state index contributed by atoms with van der Waals surface area (Å²) in [5, 5.41) is 4.70. The molecule has 2 aromatic rings. The fourth-order valence-corrected chi connectivity index (χ4v) is 2.89. The molecule has 1 atom stereocenters. The molecule has 0 saturated carbocycles. The van der Waals surface area contributed by atoms with Crippen molar-refractivity contribution in [2.24, 2.45) is 5.73 Å². The first-order chi connectivity index (χ1) is 9.67. The number of rotatable bonds is 7. The largest absolute Gasteiger partial charge is 0.339 e. The van der Waals surface area contributed by atoms with E-state index in [1.807, 2.05) is 24.3 Å². The number of halogens is 1. The van der Waals surface area contributed by atoms with Gasteiger partial charge >= 0.3 is 0 Å². The lowest BCUT2D eigenvalue weighted by Gasteiger charge is -2.05. The molecule has 20 heavy (non-hydrogen) atoms. The molecule has 0 fully saturated rings. The van der Waals surface area contributed by atoms with Crippen molar-refractivity contribution in [3.05, 3.63) is 41.0 Å². The molecular weight excluding hydrogens is 294 g/mol. The summed E-state index contributed by atoms with van der Waals surface area (Å²) < 4.78 is 5.21. The van der Waals surface area contributed by atoms with E-state index in [-0.39, 0.29) is 6.04 Å². The zero-order chi connectivity index (χ0) is 14.4. The van der Waals surface area contributed by atoms with Gasteiger partial charge in [0, 0.05) is 22.4 Å². The smallest absolute Gasteiger partial charge is 0.228 e. The topological polar surface area (TPSA) is 64.9 Å². The summed E-state index contributed by atoms with van der Waals surface area (Å²) in [6, 6.07) is 7.80. The lowest BCUT2D eigenvalue weighted by Crippen LogP contribution is -2.22. The summed E-state index contributed by atoms with van der Waals surface area (Å²) in [5.74, 6) is 1.97. The molecule has 2 N–H and O–H groups in total. The van der Waals surface area contributed by atoms with Crippen molar-refractivity contribution in [3.63, 3.8) is 0 Å². The zero-order valence-electron chi connectivity index (χ0n) is 11.4. The summed E-state index contributed by atoms with van der Waals surface area (Å²) in [6.07, 6.45) is 2.67. The molecule has 1 aromatic carbocycles. The Balaban J connectivity index is 1.86. The van der Waals surface area contributed by atoms with E-state index in [9.17, 15) is 0 Å². The van der Waals surface area contributed by atoms with E-state index in [4.69, 9.17) is 21.9 Å². The Labute approximate surface area is 128 Å². The summed E-state index contributed by atoms with van der Waals surface area (Å²) in [6.45, 7) is 2.11. The number of hydrogen-bond acceptors (Lipinski definition) is 5. The number of nitrogens with zero attached hydrogens (tertiary/aromatic N) is 2. The molecule has 1 aromatic heterocycles. The minimum absolute atomic E-state index is 0.0916. The van der Waals surface area contributed by atoms with Crippen LogP contribution in [0.3, 0.4) is 0 Å². The minimum atomic E-state index is 0.0916. The predicted molar refractivity (Wildman–Crippen MR) is 81.9 cm³/mol. The third-order valence-electron chi connectivity index (χ3n) is 2.77. The molecule has 0 bridgehead atoms. The Kier molecular flexibility index (Phi) is 5.88. The molecular formula is C14H18ClN3OS. The highest BCUT2D eigenvalue weighted by atomic mass is 35.5. The fourth-order valence-electron chi connectivity index (χ4n) is 1.83. The normalized spacial score (nSPS) is 12.6. The standard InChI is InChI=1S/C14H18ClN3OS/c1-2-4-11(16)8-14-17-13(18-19-14)9-20-12-6-3-5-10(15)7-12/h3,5-7,11H,2,4,8-9,16H2,1H3. The van der Waals surface area contributed by atoms with Gasteiger partial charge in [0.1, 0.15) is 0 Å². The summed E-state index contributed by atoms with van der Waals surface area (Å²) >= 11 is 7.57. The Morgan fingerprint density at radius 3 is 3.05 bits per heavy atom. The highest BCUT2D eigenvalue weighted by Crippen LogP contribution is 2.24. The van der Waals surface area contributed by atoms with Crippen molar-refractivity contribution in [2.75, 3.05) is 0 Å².